The number of phenolic OH excluding ortho intramolecular Hbond substituents is 1. The lowest BCUT2D eigenvalue weighted by Gasteiger charge is -2.38. The molecule has 2 aromatic rings. The number of rotatable bonds is 7. The van der Waals surface area contributed by atoms with Gasteiger partial charge >= 0.3 is 5.97 Å². The highest BCUT2D eigenvalue weighted by Crippen LogP contribution is 2.49. The first-order valence-electron chi connectivity index (χ1n) is 12.2. The molecule has 3 atom stereocenters. The molecule has 2 aliphatic rings. The van der Waals surface area contributed by atoms with Gasteiger partial charge in [-0.1, -0.05) is 55.7 Å². The molecular weight excluding hydrogens is 480 g/mol. The Kier molecular flexibility index (Phi) is 7.90. The molecule has 9 heteroatoms. The zero-order chi connectivity index (χ0) is 25.9. The van der Waals surface area contributed by atoms with E-state index in [1.807, 2.05) is 30.3 Å². The summed E-state index contributed by atoms with van der Waals surface area (Å²) in [6, 6.07) is 11.7. The first kappa shape index (κ1) is 26.0. The topological polar surface area (TPSA) is 127 Å². The van der Waals surface area contributed by atoms with E-state index in [0.717, 1.165) is 37.7 Å². The number of nitrogens with one attached hydrogen (secondary N) is 1. The molecule has 1 saturated heterocycles. The molecule has 1 heterocycles. The molecule has 8 nitrogen and oxygen atoms in total. The Balaban J connectivity index is 1.59. The molecule has 0 aromatic heterocycles. The number of aliphatic hydroxyl groups is 1. The van der Waals surface area contributed by atoms with Crippen molar-refractivity contribution in [1.82, 2.24) is 10.2 Å². The summed E-state index contributed by atoms with van der Waals surface area (Å²) < 4.78 is -0.545. The Labute approximate surface area is 214 Å². The number of aliphatic hydroxyl groups excluding tert-OH is 1. The molecule has 4 rings (SSSR count). The highest BCUT2D eigenvalue weighted by Gasteiger charge is 2.55. The predicted octanol–water partition coefficient (Wildman–Crippen LogP) is 3.09. The van der Waals surface area contributed by atoms with Crippen molar-refractivity contribution in [2.24, 2.45) is 0 Å². The van der Waals surface area contributed by atoms with E-state index in [1.165, 1.54) is 22.7 Å². The molecule has 1 spiro atoms. The zero-order valence-corrected chi connectivity index (χ0v) is 21.0. The fourth-order valence-corrected chi connectivity index (χ4v) is 6.96. The Morgan fingerprint density at radius 2 is 1.78 bits per heavy atom. The van der Waals surface area contributed by atoms with Crippen LogP contribution in [0.2, 0.25) is 0 Å². The monoisotopic (exact) mass is 512 g/mol. The van der Waals surface area contributed by atoms with Gasteiger partial charge < -0.3 is 25.5 Å². The van der Waals surface area contributed by atoms with Gasteiger partial charge in [-0.15, -0.1) is 11.8 Å². The molecule has 1 aliphatic heterocycles. The van der Waals surface area contributed by atoms with Crippen LogP contribution in [0.1, 0.15) is 53.6 Å². The number of carbonyl (C=O) groups is 3. The summed E-state index contributed by atoms with van der Waals surface area (Å²) in [5.74, 6) is -2.15. The third-order valence-corrected chi connectivity index (χ3v) is 8.93. The average Bonchev–Trinajstić information content (AvgIpc) is 3.23. The van der Waals surface area contributed by atoms with Gasteiger partial charge in [0.05, 0.1) is 11.9 Å². The number of carboxylic acids is 1. The van der Waals surface area contributed by atoms with E-state index in [0.29, 0.717) is 5.56 Å². The Bertz CT molecular complexity index is 1120. The van der Waals surface area contributed by atoms with Gasteiger partial charge in [0.15, 0.2) is 6.10 Å². The number of benzene rings is 2. The number of aliphatic carboxylic acids is 1. The van der Waals surface area contributed by atoms with Crippen molar-refractivity contribution in [3.63, 3.8) is 0 Å². The van der Waals surface area contributed by atoms with Crippen LogP contribution >= 0.6 is 11.8 Å². The molecule has 2 amide bonds. The van der Waals surface area contributed by atoms with Crippen LogP contribution in [0.5, 0.6) is 5.75 Å². The van der Waals surface area contributed by atoms with Gasteiger partial charge in [-0.3, -0.25) is 9.59 Å². The molecule has 192 valence electrons. The molecule has 0 bridgehead atoms. The summed E-state index contributed by atoms with van der Waals surface area (Å²) in [5.41, 5.74) is 1.42. The third kappa shape index (κ3) is 5.22. The highest BCUT2D eigenvalue weighted by atomic mass is 32.2. The number of hydrogen-bond donors (Lipinski definition) is 4. The number of thioether (sulfide) groups is 1. The summed E-state index contributed by atoms with van der Waals surface area (Å²) in [7, 11) is 0. The molecular formula is C27H32N2O6S. The van der Waals surface area contributed by atoms with Crippen LogP contribution in [0.4, 0.5) is 0 Å². The molecule has 4 N–H and O–H groups in total. The first-order valence-corrected chi connectivity index (χ1v) is 13.2. The Morgan fingerprint density at radius 1 is 1.08 bits per heavy atom. The number of carboxylic acid groups (broad SMARTS) is 1. The summed E-state index contributed by atoms with van der Waals surface area (Å²) in [6.45, 7) is 1.61. The van der Waals surface area contributed by atoms with Crippen molar-refractivity contribution in [3.8, 4) is 5.75 Å². The lowest BCUT2D eigenvalue weighted by Crippen LogP contribution is -2.58. The molecule has 1 saturated carbocycles. The minimum absolute atomic E-state index is 0.0324. The van der Waals surface area contributed by atoms with Gasteiger partial charge in [-0.05, 0) is 43.9 Å². The quantitative estimate of drug-likeness (QED) is 0.449. The summed E-state index contributed by atoms with van der Waals surface area (Å²) in [6.07, 6.45) is 2.83. The lowest BCUT2D eigenvalue weighted by molar-refractivity contribution is -0.154. The van der Waals surface area contributed by atoms with Crippen LogP contribution in [0.15, 0.2) is 48.5 Å². The second-order valence-corrected chi connectivity index (χ2v) is 11.0. The maximum absolute atomic E-state index is 13.6. The number of aromatic hydroxyl groups is 1. The van der Waals surface area contributed by atoms with Crippen LogP contribution in [-0.2, 0) is 16.0 Å². The van der Waals surface area contributed by atoms with Gasteiger partial charge in [0.25, 0.3) is 11.8 Å². The molecule has 0 radical (unpaired) electrons. The Hall–Kier alpha value is -3.04. The number of hydrogen-bond acceptors (Lipinski definition) is 6. The number of nitrogens with zero attached hydrogens (tertiary/aromatic N) is 1. The SMILES string of the molecule is Cc1c(O)cccc1C(=O)NC(Cc1ccccc1)C(O)C(=O)N1CSC2(CCCCC2)C1C(=O)O. The summed E-state index contributed by atoms with van der Waals surface area (Å²) in [5, 5.41) is 34.1. The van der Waals surface area contributed by atoms with E-state index in [-0.39, 0.29) is 23.6 Å². The molecule has 2 fully saturated rings. The van der Waals surface area contributed by atoms with Gasteiger partial charge in [0.2, 0.25) is 0 Å². The second kappa shape index (κ2) is 10.9. The number of amides is 2. The van der Waals surface area contributed by atoms with Gasteiger partial charge in [-0.2, -0.15) is 0 Å². The van der Waals surface area contributed by atoms with Crippen molar-refractivity contribution >= 4 is 29.5 Å². The fraction of sp³-hybridized carbons (Fsp3) is 0.444. The smallest absolute Gasteiger partial charge is 0.327 e. The van der Waals surface area contributed by atoms with Gasteiger partial charge in [-0.25, -0.2) is 4.79 Å². The maximum Gasteiger partial charge on any atom is 0.327 e. The second-order valence-electron chi connectivity index (χ2n) is 9.61. The van der Waals surface area contributed by atoms with Gasteiger partial charge in [0, 0.05) is 15.9 Å². The zero-order valence-electron chi connectivity index (χ0n) is 20.2. The lowest BCUT2D eigenvalue weighted by atomic mass is 9.82. The van der Waals surface area contributed by atoms with Crippen LogP contribution in [0.3, 0.4) is 0 Å². The normalized spacial score (nSPS) is 20.6. The van der Waals surface area contributed by atoms with E-state index in [1.54, 1.807) is 19.1 Å². The number of carbonyl (C=O) groups excluding carboxylic acids is 2. The molecule has 1 aliphatic carbocycles. The molecule has 36 heavy (non-hydrogen) atoms. The third-order valence-electron chi connectivity index (χ3n) is 7.32. The predicted molar refractivity (Wildman–Crippen MR) is 137 cm³/mol. The minimum Gasteiger partial charge on any atom is -0.508 e. The average molecular weight is 513 g/mol. The highest BCUT2D eigenvalue weighted by molar-refractivity contribution is 8.01. The van der Waals surface area contributed by atoms with E-state index >= 15 is 0 Å². The first-order chi connectivity index (χ1) is 17.2. The fourth-order valence-electron chi connectivity index (χ4n) is 5.32. The minimum atomic E-state index is -1.65. The van der Waals surface area contributed by atoms with Crippen LogP contribution in [0.25, 0.3) is 0 Å². The van der Waals surface area contributed by atoms with E-state index < -0.39 is 40.7 Å². The van der Waals surface area contributed by atoms with E-state index in [2.05, 4.69) is 5.32 Å². The largest absolute Gasteiger partial charge is 0.508 e. The van der Waals surface area contributed by atoms with Crippen LogP contribution in [-0.4, -0.2) is 66.8 Å². The van der Waals surface area contributed by atoms with Crippen molar-refractivity contribution < 1.29 is 29.7 Å². The standard InChI is InChI=1S/C27H32N2O6S/c1-17-19(11-8-12-21(17)30)24(32)28-20(15-18-9-4-2-5-10-18)22(31)25(33)29-16-36-27(23(29)26(34)35)13-6-3-7-14-27/h2,4-5,8-12,20,22-23,30-31H,3,6-7,13-16H2,1H3,(H,28,32)(H,34,35). The van der Waals surface area contributed by atoms with Crippen molar-refractivity contribution in [2.45, 2.75) is 68.4 Å². The molecule has 2 aromatic carbocycles. The molecule has 3 unspecified atom stereocenters. The van der Waals surface area contributed by atoms with Crippen LogP contribution in [0, 0.1) is 6.92 Å². The van der Waals surface area contributed by atoms with Crippen LogP contribution < -0.4 is 5.32 Å². The van der Waals surface area contributed by atoms with E-state index in [9.17, 15) is 29.7 Å². The van der Waals surface area contributed by atoms with E-state index in [4.69, 9.17) is 0 Å². The van der Waals surface area contributed by atoms with Gasteiger partial charge in [0.1, 0.15) is 11.8 Å². The van der Waals surface area contributed by atoms with Crippen molar-refractivity contribution in [3.05, 3.63) is 65.2 Å². The maximum atomic E-state index is 13.6. The Morgan fingerprint density at radius 3 is 2.44 bits per heavy atom. The number of phenols is 1. The van der Waals surface area contributed by atoms with Crippen molar-refractivity contribution in [1.29, 1.82) is 0 Å². The van der Waals surface area contributed by atoms with Crippen molar-refractivity contribution in [2.75, 3.05) is 5.88 Å². The summed E-state index contributed by atoms with van der Waals surface area (Å²) in [4.78, 5) is 40.3. The summed E-state index contributed by atoms with van der Waals surface area (Å²) >= 11 is 1.48.